The zero-order valence-corrected chi connectivity index (χ0v) is 10.3. The minimum atomic E-state index is -0.320. The summed E-state index contributed by atoms with van der Waals surface area (Å²) in [6.07, 6.45) is 0. The lowest BCUT2D eigenvalue weighted by Gasteiger charge is -2.08. The van der Waals surface area contributed by atoms with Crippen LogP contribution in [0, 0.1) is 19.7 Å². The number of amides is 1. The summed E-state index contributed by atoms with van der Waals surface area (Å²) in [5.74, 6) is -0.501. The second kappa shape index (κ2) is 5.00. The Bertz CT molecular complexity index is 576. The third-order valence-electron chi connectivity index (χ3n) is 2.73. The molecule has 0 spiro atoms. The first-order valence-corrected chi connectivity index (χ1v) is 5.70. The molecule has 92 valence electrons. The molecule has 0 aliphatic rings. The summed E-state index contributed by atoms with van der Waals surface area (Å²) < 4.78 is 12.7. The van der Waals surface area contributed by atoms with Gasteiger partial charge in [0.15, 0.2) is 0 Å². The molecule has 0 fully saturated rings. The first kappa shape index (κ1) is 12.3. The number of carbonyl (C=O) groups is 1. The van der Waals surface area contributed by atoms with Crippen LogP contribution >= 0.6 is 0 Å². The summed E-state index contributed by atoms with van der Waals surface area (Å²) in [5, 5.41) is 2.74. The van der Waals surface area contributed by atoms with Crippen molar-refractivity contribution in [1.29, 1.82) is 0 Å². The molecule has 2 nitrogen and oxygen atoms in total. The molecule has 3 heteroatoms. The van der Waals surface area contributed by atoms with Crippen LogP contribution in [0.25, 0.3) is 0 Å². The maximum absolute atomic E-state index is 12.7. The standard InChI is InChI=1S/C15H14FNO/c1-10-3-8-14(11(2)9-10)15(18)17-13-6-4-12(16)5-7-13/h3-9H,1-2H3,(H,17,18). The average molecular weight is 243 g/mol. The van der Waals surface area contributed by atoms with Gasteiger partial charge in [-0.25, -0.2) is 4.39 Å². The van der Waals surface area contributed by atoms with Crippen LogP contribution in [-0.4, -0.2) is 5.91 Å². The fraction of sp³-hybridized carbons (Fsp3) is 0.133. The molecule has 1 amide bonds. The molecule has 2 aromatic rings. The highest BCUT2D eigenvalue weighted by Crippen LogP contribution is 2.14. The van der Waals surface area contributed by atoms with Gasteiger partial charge in [0, 0.05) is 11.3 Å². The number of aryl methyl sites for hydroxylation is 2. The second-order valence-electron chi connectivity index (χ2n) is 4.28. The fourth-order valence-corrected chi connectivity index (χ4v) is 1.80. The van der Waals surface area contributed by atoms with E-state index in [0.29, 0.717) is 11.3 Å². The van der Waals surface area contributed by atoms with Crippen LogP contribution in [0.3, 0.4) is 0 Å². The highest BCUT2D eigenvalue weighted by Gasteiger charge is 2.09. The molecule has 0 atom stereocenters. The van der Waals surface area contributed by atoms with E-state index in [1.54, 1.807) is 6.07 Å². The third-order valence-corrected chi connectivity index (χ3v) is 2.73. The number of carbonyl (C=O) groups excluding carboxylic acids is 1. The summed E-state index contributed by atoms with van der Waals surface area (Å²) in [6, 6.07) is 11.4. The van der Waals surface area contributed by atoms with Crippen LogP contribution in [0.5, 0.6) is 0 Å². The third kappa shape index (κ3) is 2.74. The zero-order valence-electron chi connectivity index (χ0n) is 10.3. The molecule has 18 heavy (non-hydrogen) atoms. The van der Waals surface area contributed by atoms with Crippen LogP contribution in [0.1, 0.15) is 21.5 Å². The summed E-state index contributed by atoms with van der Waals surface area (Å²) in [5.41, 5.74) is 3.26. The van der Waals surface area contributed by atoms with Crippen LogP contribution in [-0.2, 0) is 0 Å². The maximum atomic E-state index is 12.7. The molecule has 2 rings (SSSR count). The van der Waals surface area contributed by atoms with Gasteiger partial charge in [-0.1, -0.05) is 17.7 Å². The number of nitrogens with one attached hydrogen (secondary N) is 1. The Balaban J connectivity index is 2.19. The lowest BCUT2D eigenvalue weighted by molar-refractivity contribution is 0.102. The molecule has 0 saturated carbocycles. The van der Waals surface area contributed by atoms with Crippen molar-refractivity contribution in [2.45, 2.75) is 13.8 Å². The molecule has 0 aliphatic heterocycles. The number of hydrogen-bond acceptors (Lipinski definition) is 1. The lowest BCUT2D eigenvalue weighted by Crippen LogP contribution is -2.13. The second-order valence-corrected chi connectivity index (χ2v) is 4.28. The Morgan fingerprint density at radius 2 is 1.72 bits per heavy atom. The predicted octanol–water partition coefficient (Wildman–Crippen LogP) is 3.69. The number of benzene rings is 2. The van der Waals surface area contributed by atoms with E-state index < -0.39 is 0 Å². The van der Waals surface area contributed by atoms with E-state index in [0.717, 1.165) is 11.1 Å². The van der Waals surface area contributed by atoms with Gasteiger partial charge in [-0.2, -0.15) is 0 Å². The Kier molecular flexibility index (Phi) is 3.42. The summed E-state index contributed by atoms with van der Waals surface area (Å²) in [7, 11) is 0. The zero-order chi connectivity index (χ0) is 13.1. The molecule has 0 radical (unpaired) electrons. The molecule has 0 heterocycles. The van der Waals surface area contributed by atoms with E-state index in [1.807, 2.05) is 26.0 Å². The summed E-state index contributed by atoms with van der Waals surface area (Å²) >= 11 is 0. The Morgan fingerprint density at radius 3 is 2.33 bits per heavy atom. The van der Waals surface area contributed by atoms with Gasteiger partial charge in [0.05, 0.1) is 0 Å². The SMILES string of the molecule is Cc1ccc(C(=O)Nc2ccc(F)cc2)c(C)c1. The minimum absolute atomic E-state index is 0.181. The summed E-state index contributed by atoms with van der Waals surface area (Å²) in [4.78, 5) is 12.0. The van der Waals surface area contributed by atoms with E-state index >= 15 is 0 Å². The van der Waals surface area contributed by atoms with Crippen molar-refractivity contribution < 1.29 is 9.18 Å². The number of hydrogen-bond donors (Lipinski definition) is 1. The fourth-order valence-electron chi connectivity index (χ4n) is 1.80. The molecule has 0 bridgehead atoms. The van der Waals surface area contributed by atoms with E-state index in [1.165, 1.54) is 24.3 Å². The highest BCUT2D eigenvalue weighted by molar-refractivity contribution is 6.05. The van der Waals surface area contributed by atoms with Crippen molar-refractivity contribution in [3.63, 3.8) is 0 Å². The average Bonchev–Trinajstić information content (AvgIpc) is 2.32. The van der Waals surface area contributed by atoms with Crippen molar-refractivity contribution in [3.05, 3.63) is 65.0 Å². The Labute approximate surface area is 105 Å². The first-order valence-electron chi connectivity index (χ1n) is 5.70. The van der Waals surface area contributed by atoms with Crippen LogP contribution in [0.15, 0.2) is 42.5 Å². The van der Waals surface area contributed by atoms with Crippen molar-refractivity contribution >= 4 is 11.6 Å². The predicted molar refractivity (Wildman–Crippen MR) is 70.3 cm³/mol. The van der Waals surface area contributed by atoms with Crippen molar-refractivity contribution in [1.82, 2.24) is 0 Å². The van der Waals surface area contributed by atoms with Crippen molar-refractivity contribution in [3.8, 4) is 0 Å². The molecule has 2 aromatic carbocycles. The van der Waals surface area contributed by atoms with Crippen molar-refractivity contribution in [2.75, 3.05) is 5.32 Å². The van der Waals surface area contributed by atoms with Crippen LogP contribution < -0.4 is 5.32 Å². The first-order chi connectivity index (χ1) is 8.56. The van der Waals surface area contributed by atoms with Gasteiger partial charge in [-0.05, 0) is 49.7 Å². The quantitative estimate of drug-likeness (QED) is 0.856. The van der Waals surface area contributed by atoms with Crippen LogP contribution in [0.4, 0.5) is 10.1 Å². The van der Waals surface area contributed by atoms with Crippen molar-refractivity contribution in [2.24, 2.45) is 0 Å². The minimum Gasteiger partial charge on any atom is -0.322 e. The molecule has 0 aliphatic carbocycles. The molecular weight excluding hydrogens is 229 g/mol. The number of anilines is 1. The smallest absolute Gasteiger partial charge is 0.255 e. The van der Waals surface area contributed by atoms with Gasteiger partial charge in [-0.15, -0.1) is 0 Å². The molecule has 0 aromatic heterocycles. The topological polar surface area (TPSA) is 29.1 Å². The van der Waals surface area contributed by atoms with E-state index in [9.17, 15) is 9.18 Å². The van der Waals surface area contributed by atoms with Gasteiger partial charge in [0.25, 0.3) is 5.91 Å². The van der Waals surface area contributed by atoms with Crippen LogP contribution in [0.2, 0.25) is 0 Å². The summed E-state index contributed by atoms with van der Waals surface area (Å²) in [6.45, 7) is 3.88. The lowest BCUT2D eigenvalue weighted by atomic mass is 10.1. The molecular formula is C15H14FNO. The molecule has 0 saturated heterocycles. The van der Waals surface area contributed by atoms with E-state index in [4.69, 9.17) is 0 Å². The van der Waals surface area contributed by atoms with E-state index in [2.05, 4.69) is 5.32 Å². The Hall–Kier alpha value is -2.16. The molecule has 1 N–H and O–H groups in total. The number of halogens is 1. The largest absolute Gasteiger partial charge is 0.322 e. The number of rotatable bonds is 2. The van der Waals surface area contributed by atoms with Gasteiger partial charge in [0.1, 0.15) is 5.82 Å². The van der Waals surface area contributed by atoms with Gasteiger partial charge in [0.2, 0.25) is 0 Å². The van der Waals surface area contributed by atoms with E-state index in [-0.39, 0.29) is 11.7 Å². The monoisotopic (exact) mass is 243 g/mol. The molecule has 0 unspecified atom stereocenters. The van der Waals surface area contributed by atoms with Gasteiger partial charge >= 0.3 is 0 Å². The van der Waals surface area contributed by atoms with Gasteiger partial charge in [-0.3, -0.25) is 4.79 Å². The highest BCUT2D eigenvalue weighted by atomic mass is 19.1. The Morgan fingerprint density at radius 1 is 1.06 bits per heavy atom. The normalized spacial score (nSPS) is 10.2. The maximum Gasteiger partial charge on any atom is 0.255 e. The van der Waals surface area contributed by atoms with Gasteiger partial charge < -0.3 is 5.32 Å².